The van der Waals surface area contributed by atoms with E-state index in [2.05, 4.69) is 38.2 Å². The maximum absolute atomic E-state index is 12.5. The van der Waals surface area contributed by atoms with Gasteiger partial charge in [0.15, 0.2) is 0 Å². The number of piperidine rings is 1. The fourth-order valence-corrected chi connectivity index (χ4v) is 3.17. The van der Waals surface area contributed by atoms with Gasteiger partial charge in [-0.2, -0.15) is 0 Å². The molecule has 1 aromatic rings. The molecule has 1 aliphatic rings. The van der Waals surface area contributed by atoms with Crippen LogP contribution in [0, 0.1) is 5.92 Å². The molecule has 1 aliphatic heterocycles. The second-order valence-corrected chi connectivity index (χ2v) is 7.77. The Morgan fingerprint density at radius 3 is 2.40 bits per heavy atom. The summed E-state index contributed by atoms with van der Waals surface area (Å²) in [5, 5.41) is 3.04. The number of methoxy groups -OCH3 is 1. The zero-order valence-electron chi connectivity index (χ0n) is 16.0. The predicted molar refractivity (Wildman–Crippen MR) is 98.5 cm³/mol. The van der Waals surface area contributed by atoms with Crippen LogP contribution >= 0.6 is 0 Å². The van der Waals surface area contributed by atoms with Gasteiger partial charge in [-0.05, 0) is 36.0 Å². The summed E-state index contributed by atoms with van der Waals surface area (Å²) in [6, 6.07) is 6.15. The first-order chi connectivity index (χ1) is 11.7. The van der Waals surface area contributed by atoms with Crippen molar-refractivity contribution in [1.82, 2.24) is 10.2 Å². The van der Waals surface area contributed by atoms with Crippen molar-refractivity contribution in [2.45, 2.75) is 52.5 Å². The van der Waals surface area contributed by atoms with Crippen molar-refractivity contribution in [3.05, 3.63) is 29.3 Å². The Morgan fingerprint density at radius 1 is 1.24 bits per heavy atom. The molecule has 25 heavy (non-hydrogen) atoms. The fraction of sp³-hybridized carbons (Fsp3) is 0.600. The van der Waals surface area contributed by atoms with E-state index in [4.69, 9.17) is 4.74 Å². The zero-order chi connectivity index (χ0) is 18.6. The van der Waals surface area contributed by atoms with E-state index in [9.17, 15) is 9.59 Å². The van der Waals surface area contributed by atoms with Gasteiger partial charge in [-0.3, -0.25) is 9.59 Å². The third kappa shape index (κ3) is 4.97. The number of hydrogen-bond donors (Lipinski definition) is 1. The third-order valence-electron chi connectivity index (χ3n) is 4.91. The van der Waals surface area contributed by atoms with E-state index in [1.165, 1.54) is 5.56 Å². The predicted octanol–water partition coefficient (Wildman–Crippen LogP) is 2.87. The van der Waals surface area contributed by atoms with E-state index in [0.717, 1.165) is 24.2 Å². The van der Waals surface area contributed by atoms with Gasteiger partial charge < -0.3 is 15.0 Å². The number of carbonyl (C=O) groups is 2. The van der Waals surface area contributed by atoms with Crippen LogP contribution in [0.4, 0.5) is 0 Å². The molecule has 2 amide bonds. The Bertz CT molecular complexity index is 626. The van der Waals surface area contributed by atoms with E-state index in [1.807, 2.05) is 6.07 Å². The van der Waals surface area contributed by atoms with Crippen molar-refractivity contribution < 1.29 is 14.3 Å². The molecule has 1 N–H and O–H groups in total. The van der Waals surface area contributed by atoms with Crippen molar-refractivity contribution in [1.29, 1.82) is 0 Å². The Morgan fingerprint density at radius 2 is 1.88 bits per heavy atom. The topological polar surface area (TPSA) is 58.6 Å². The average Bonchev–Trinajstić information content (AvgIpc) is 2.58. The number of benzene rings is 1. The molecule has 0 saturated carbocycles. The van der Waals surface area contributed by atoms with E-state index in [0.29, 0.717) is 19.6 Å². The highest BCUT2D eigenvalue weighted by Crippen LogP contribution is 2.28. The minimum Gasteiger partial charge on any atom is -0.496 e. The summed E-state index contributed by atoms with van der Waals surface area (Å²) in [6.45, 7) is 9.86. The summed E-state index contributed by atoms with van der Waals surface area (Å²) in [4.78, 5) is 25.7. The maximum Gasteiger partial charge on any atom is 0.223 e. The van der Waals surface area contributed by atoms with E-state index in [-0.39, 0.29) is 23.1 Å². The first-order valence-corrected chi connectivity index (χ1v) is 8.93. The van der Waals surface area contributed by atoms with E-state index in [1.54, 1.807) is 18.9 Å². The second-order valence-electron chi connectivity index (χ2n) is 7.77. The molecule has 0 aromatic heterocycles. The van der Waals surface area contributed by atoms with Crippen LogP contribution in [0.25, 0.3) is 0 Å². The van der Waals surface area contributed by atoms with Crippen LogP contribution in [0.5, 0.6) is 5.75 Å². The fourth-order valence-electron chi connectivity index (χ4n) is 3.17. The summed E-state index contributed by atoms with van der Waals surface area (Å²) in [5.41, 5.74) is 2.25. The van der Waals surface area contributed by atoms with Crippen LogP contribution in [0.3, 0.4) is 0 Å². The molecule has 0 spiro atoms. The zero-order valence-corrected chi connectivity index (χ0v) is 16.0. The number of rotatable bonds is 4. The highest BCUT2D eigenvalue weighted by Gasteiger charge is 2.26. The van der Waals surface area contributed by atoms with Gasteiger partial charge in [0.25, 0.3) is 0 Å². The van der Waals surface area contributed by atoms with Gasteiger partial charge in [0.1, 0.15) is 5.75 Å². The summed E-state index contributed by atoms with van der Waals surface area (Å²) >= 11 is 0. The largest absolute Gasteiger partial charge is 0.496 e. The summed E-state index contributed by atoms with van der Waals surface area (Å²) < 4.78 is 5.44. The van der Waals surface area contributed by atoms with Crippen molar-refractivity contribution in [3.8, 4) is 5.75 Å². The average molecular weight is 346 g/mol. The Balaban J connectivity index is 1.98. The van der Waals surface area contributed by atoms with Crippen LogP contribution in [0.1, 0.15) is 51.7 Å². The second kappa shape index (κ2) is 7.89. The van der Waals surface area contributed by atoms with Gasteiger partial charge in [0.2, 0.25) is 11.8 Å². The normalized spacial score (nSPS) is 15.8. The van der Waals surface area contributed by atoms with E-state index < -0.39 is 0 Å². The van der Waals surface area contributed by atoms with Gasteiger partial charge in [-0.25, -0.2) is 0 Å². The lowest BCUT2D eigenvalue weighted by molar-refractivity contribution is -0.134. The summed E-state index contributed by atoms with van der Waals surface area (Å²) in [6.07, 6.45) is 1.45. The number of carbonyl (C=O) groups excluding carboxylic acids is 2. The molecule has 1 saturated heterocycles. The molecule has 0 bridgehead atoms. The van der Waals surface area contributed by atoms with Crippen LogP contribution in [-0.4, -0.2) is 36.9 Å². The van der Waals surface area contributed by atoms with E-state index >= 15 is 0 Å². The molecule has 1 heterocycles. The quantitative estimate of drug-likeness (QED) is 0.912. The van der Waals surface area contributed by atoms with Crippen LogP contribution in [0.2, 0.25) is 0 Å². The van der Waals surface area contributed by atoms with Crippen molar-refractivity contribution in [2.75, 3.05) is 20.2 Å². The minimum atomic E-state index is -0.0209. The van der Waals surface area contributed by atoms with Gasteiger partial charge in [0.05, 0.1) is 7.11 Å². The molecule has 0 radical (unpaired) electrons. The van der Waals surface area contributed by atoms with Crippen molar-refractivity contribution in [3.63, 3.8) is 0 Å². The van der Waals surface area contributed by atoms with Crippen LogP contribution < -0.4 is 10.1 Å². The number of hydrogen-bond acceptors (Lipinski definition) is 3. The van der Waals surface area contributed by atoms with Crippen LogP contribution in [0.15, 0.2) is 18.2 Å². The lowest BCUT2D eigenvalue weighted by Gasteiger charge is -2.30. The molecule has 1 fully saturated rings. The van der Waals surface area contributed by atoms with Crippen molar-refractivity contribution >= 4 is 11.8 Å². The Hall–Kier alpha value is -2.04. The molecule has 0 aliphatic carbocycles. The summed E-state index contributed by atoms with van der Waals surface area (Å²) in [7, 11) is 1.65. The standard InChI is InChI=1S/C20H30N2O3/c1-14(23)22-10-8-15(9-11-22)19(24)21-13-16-12-17(20(2,3)4)6-7-18(16)25-5/h6-7,12,15H,8-11,13H2,1-5H3,(H,21,24). The maximum atomic E-state index is 12.5. The number of ether oxygens (including phenoxy) is 1. The lowest BCUT2D eigenvalue weighted by Crippen LogP contribution is -2.42. The number of nitrogens with zero attached hydrogens (tertiary/aromatic N) is 1. The molecule has 0 atom stereocenters. The third-order valence-corrected chi connectivity index (χ3v) is 4.91. The Kier molecular flexibility index (Phi) is 6.09. The highest BCUT2D eigenvalue weighted by atomic mass is 16.5. The number of nitrogens with one attached hydrogen (secondary N) is 1. The molecule has 138 valence electrons. The molecule has 0 unspecified atom stereocenters. The molecular formula is C20H30N2O3. The molecular weight excluding hydrogens is 316 g/mol. The minimum absolute atomic E-state index is 0.0209. The first-order valence-electron chi connectivity index (χ1n) is 8.93. The molecule has 5 nitrogen and oxygen atoms in total. The molecule has 2 rings (SSSR count). The van der Waals surface area contributed by atoms with Gasteiger partial charge in [-0.1, -0.05) is 26.8 Å². The number of likely N-dealkylation sites (tertiary alicyclic amines) is 1. The first kappa shape index (κ1) is 19.3. The number of amides is 2. The van der Waals surface area contributed by atoms with Gasteiger partial charge in [0, 0.05) is 38.0 Å². The SMILES string of the molecule is COc1ccc(C(C)(C)C)cc1CNC(=O)C1CCN(C(C)=O)CC1. The van der Waals surface area contributed by atoms with Crippen LogP contribution in [-0.2, 0) is 21.5 Å². The highest BCUT2D eigenvalue weighted by molar-refractivity contribution is 5.79. The molecule has 5 heteroatoms. The summed E-state index contributed by atoms with van der Waals surface area (Å²) in [5.74, 6) is 0.918. The van der Waals surface area contributed by atoms with Crippen molar-refractivity contribution in [2.24, 2.45) is 5.92 Å². The lowest BCUT2D eigenvalue weighted by atomic mass is 9.86. The van der Waals surface area contributed by atoms with Gasteiger partial charge >= 0.3 is 0 Å². The smallest absolute Gasteiger partial charge is 0.223 e. The van der Waals surface area contributed by atoms with Gasteiger partial charge in [-0.15, -0.1) is 0 Å². The molecule has 1 aromatic carbocycles. The Labute approximate surface area is 150 Å². The monoisotopic (exact) mass is 346 g/mol.